The van der Waals surface area contributed by atoms with Crippen LogP contribution in [0.3, 0.4) is 0 Å². The summed E-state index contributed by atoms with van der Waals surface area (Å²) in [7, 11) is 0. The van der Waals surface area contributed by atoms with Crippen molar-refractivity contribution in [1.82, 2.24) is 0 Å². The number of rotatable bonds is 6. The van der Waals surface area contributed by atoms with Gasteiger partial charge in [0.05, 0.1) is 0 Å². The number of carbonyl (C=O) groups is 1. The molecule has 0 atom stereocenters. The summed E-state index contributed by atoms with van der Waals surface area (Å²) in [5, 5.41) is 0. The van der Waals surface area contributed by atoms with Gasteiger partial charge in [-0.15, -0.1) is 6.58 Å². The quantitative estimate of drug-likeness (QED) is 0.746. The van der Waals surface area contributed by atoms with Gasteiger partial charge in [-0.1, -0.05) is 24.3 Å². The van der Waals surface area contributed by atoms with Gasteiger partial charge in [0.15, 0.2) is 0 Å². The highest BCUT2D eigenvalue weighted by Crippen LogP contribution is 2.16. The monoisotopic (exact) mass is 273 g/mol. The van der Waals surface area contributed by atoms with Gasteiger partial charge in [-0.3, -0.25) is 4.79 Å². The fourth-order valence-corrected chi connectivity index (χ4v) is 1.42. The zero-order valence-corrected chi connectivity index (χ0v) is 10.2. The van der Waals surface area contributed by atoms with Crippen LogP contribution in [0.25, 0.3) is 0 Å². The molecule has 1 rings (SSSR count). The number of halogens is 3. The first-order chi connectivity index (χ1) is 8.94. The van der Waals surface area contributed by atoms with Crippen LogP contribution in [0.5, 0.6) is 0 Å². The molecular weight excluding hydrogens is 259 g/mol. The van der Waals surface area contributed by atoms with E-state index in [1.54, 1.807) is 30.3 Å². The third-order valence-electron chi connectivity index (χ3n) is 2.17. The standard InChI is InChI=1S/C13H14F3NO2/c1-2-8-17(11-6-4-3-5-7-11)12(18)9-19-10-13(14,15)16/h2-7H,1,8-10H2. The number of anilines is 1. The number of hydrogen-bond acceptors (Lipinski definition) is 2. The lowest BCUT2D eigenvalue weighted by Gasteiger charge is -2.21. The molecule has 1 amide bonds. The lowest BCUT2D eigenvalue weighted by Crippen LogP contribution is -2.35. The molecule has 0 aromatic heterocycles. The Morgan fingerprint density at radius 1 is 1.32 bits per heavy atom. The number of ether oxygens (including phenoxy) is 1. The molecule has 104 valence electrons. The largest absolute Gasteiger partial charge is 0.411 e. The van der Waals surface area contributed by atoms with Gasteiger partial charge in [-0.2, -0.15) is 13.2 Å². The lowest BCUT2D eigenvalue weighted by atomic mass is 10.3. The van der Waals surface area contributed by atoms with E-state index < -0.39 is 25.3 Å². The molecule has 0 aliphatic carbocycles. The molecule has 0 heterocycles. The molecule has 0 fully saturated rings. The number of carbonyl (C=O) groups excluding carboxylic acids is 1. The predicted molar refractivity (Wildman–Crippen MR) is 65.9 cm³/mol. The van der Waals surface area contributed by atoms with Crippen LogP contribution in [-0.2, 0) is 9.53 Å². The molecule has 1 aromatic rings. The van der Waals surface area contributed by atoms with E-state index in [4.69, 9.17) is 0 Å². The van der Waals surface area contributed by atoms with Crippen molar-refractivity contribution in [2.75, 3.05) is 24.7 Å². The molecule has 19 heavy (non-hydrogen) atoms. The molecule has 0 aliphatic heterocycles. The van der Waals surface area contributed by atoms with Crippen molar-refractivity contribution >= 4 is 11.6 Å². The third kappa shape index (κ3) is 5.56. The van der Waals surface area contributed by atoms with Gasteiger partial charge >= 0.3 is 6.18 Å². The van der Waals surface area contributed by atoms with Crippen molar-refractivity contribution in [3.8, 4) is 0 Å². The van der Waals surface area contributed by atoms with Crippen LogP contribution in [0.1, 0.15) is 0 Å². The summed E-state index contributed by atoms with van der Waals surface area (Å²) in [6.45, 7) is 1.66. The van der Waals surface area contributed by atoms with Crippen molar-refractivity contribution in [1.29, 1.82) is 0 Å². The molecule has 0 N–H and O–H groups in total. The maximum Gasteiger partial charge on any atom is 0.411 e. The Bertz CT molecular complexity index is 418. The first-order valence-corrected chi connectivity index (χ1v) is 5.55. The third-order valence-corrected chi connectivity index (χ3v) is 2.17. The molecule has 0 aliphatic rings. The molecule has 0 saturated heterocycles. The Morgan fingerprint density at radius 2 is 1.95 bits per heavy atom. The molecule has 0 unspecified atom stereocenters. The number of amides is 1. The second kappa shape index (κ2) is 6.94. The van der Waals surface area contributed by atoms with Crippen LogP contribution in [0.4, 0.5) is 18.9 Å². The molecule has 1 aromatic carbocycles. The Kier molecular flexibility index (Phi) is 5.57. The van der Waals surface area contributed by atoms with Crippen LogP contribution >= 0.6 is 0 Å². The average Bonchev–Trinajstić information content (AvgIpc) is 2.35. The van der Waals surface area contributed by atoms with E-state index in [-0.39, 0.29) is 6.54 Å². The van der Waals surface area contributed by atoms with E-state index in [9.17, 15) is 18.0 Å². The number of nitrogens with zero attached hydrogens (tertiary/aromatic N) is 1. The zero-order valence-electron chi connectivity index (χ0n) is 10.2. The van der Waals surface area contributed by atoms with Crippen molar-refractivity contribution in [2.45, 2.75) is 6.18 Å². The summed E-state index contributed by atoms with van der Waals surface area (Å²) in [5.41, 5.74) is 0.586. The fourth-order valence-electron chi connectivity index (χ4n) is 1.42. The number of hydrogen-bond donors (Lipinski definition) is 0. The van der Waals surface area contributed by atoms with Crippen molar-refractivity contribution in [3.05, 3.63) is 43.0 Å². The van der Waals surface area contributed by atoms with Gasteiger partial charge in [0.25, 0.3) is 5.91 Å². The molecule has 3 nitrogen and oxygen atoms in total. The first kappa shape index (κ1) is 15.2. The normalized spacial score (nSPS) is 11.1. The van der Waals surface area contributed by atoms with Crippen molar-refractivity contribution in [2.24, 2.45) is 0 Å². The minimum absolute atomic E-state index is 0.207. The van der Waals surface area contributed by atoms with Gasteiger partial charge < -0.3 is 9.64 Å². The highest BCUT2D eigenvalue weighted by molar-refractivity contribution is 5.94. The SMILES string of the molecule is C=CCN(C(=O)COCC(F)(F)F)c1ccccc1. The molecule has 0 bridgehead atoms. The van der Waals surface area contributed by atoms with E-state index >= 15 is 0 Å². The Labute approximate surface area is 109 Å². The lowest BCUT2D eigenvalue weighted by molar-refractivity contribution is -0.175. The summed E-state index contributed by atoms with van der Waals surface area (Å²) in [4.78, 5) is 13.1. The number of benzene rings is 1. The first-order valence-electron chi connectivity index (χ1n) is 5.55. The van der Waals surface area contributed by atoms with Crippen molar-refractivity contribution < 1.29 is 22.7 Å². The Balaban J connectivity index is 2.62. The van der Waals surface area contributed by atoms with Gasteiger partial charge in [-0.25, -0.2) is 0 Å². The molecule has 0 radical (unpaired) electrons. The predicted octanol–water partition coefficient (Wildman–Crippen LogP) is 2.78. The minimum Gasteiger partial charge on any atom is -0.362 e. The topological polar surface area (TPSA) is 29.5 Å². The van der Waals surface area contributed by atoms with E-state index in [1.165, 1.54) is 11.0 Å². The van der Waals surface area contributed by atoms with Gasteiger partial charge in [-0.05, 0) is 12.1 Å². The molecule has 6 heteroatoms. The molecular formula is C13H14F3NO2. The van der Waals surface area contributed by atoms with Crippen LogP contribution in [0.2, 0.25) is 0 Å². The zero-order chi connectivity index (χ0) is 14.3. The van der Waals surface area contributed by atoms with Crippen LogP contribution in [0.15, 0.2) is 43.0 Å². The van der Waals surface area contributed by atoms with Gasteiger partial charge in [0, 0.05) is 12.2 Å². The summed E-state index contributed by atoms with van der Waals surface area (Å²) >= 11 is 0. The van der Waals surface area contributed by atoms with Crippen molar-refractivity contribution in [3.63, 3.8) is 0 Å². The van der Waals surface area contributed by atoms with E-state index in [0.717, 1.165) is 0 Å². The highest BCUT2D eigenvalue weighted by atomic mass is 19.4. The Morgan fingerprint density at radius 3 is 2.47 bits per heavy atom. The summed E-state index contributed by atoms with van der Waals surface area (Å²) in [6.07, 6.45) is -2.94. The Hall–Kier alpha value is -1.82. The summed E-state index contributed by atoms with van der Waals surface area (Å²) in [6, 6.07) is 8.61. The molecule has 0 saturated carbocycles. The van der Waals surface area contributed by atoms with E-state index in [1.807, 2.05) is 0 Å². The van der Waals surface area contributed by atoms with Crippen LogP contribution in [-0.4, -0.2) is 31.8 Å². The second-order valence-electron chi connectivity index (χ2n) is 3.74. The second-order valence-corrected chi connectivity index (χ2v) is 3.74. The fraction of sp³-hybridized carbons (Fsp3) is 0.308. The molecule has 0 spiro atoms. The van der Waals surface area contributed by atoms with E-state index in [0.29, 0.717) is 5.69 Å². The summed E-state index contributed by atoms with van der Waals surface area (Å²) < 4.78 is 40.1. The van der Waals surface area contributed by atoms with E-state index in [2.05, 4.69) is 11.3 Å². The average molecular weight is 273 g/mol. The minimum atomic E-state index is -4.43. The maximum absolute atomic E-state index is 11.9. The summed E-state index contributed by atoms with van der Waals surface area (Å²) in [5.74, 6) is -0.546. The van der Waals surface area contributed by atoms with Crippen LogP contribution in [0, 0.1) is 0 Å². The van der Waals surface area contributed by atoms with Gasteiger partial charge in [0.2, 0.25) is 0 Å². The number of para-hydroxylation sites is 1. The van der Waals surface area contributed by atoms with Gasteiger partial charge in [0.1, 0.15) is 13.2 Å². The highest BCUT2D eigenvalue weighted by Gasteiger charge is 2.28. The van der Waals surface area contributed by atoms with Crippen LogP contribution < -0.4 is 4.90 Å². The maximum atomic E-state index is 11.9. The smallest absolute Gasteiger partial charge is 0.362 e. The number of alkyl halides is 3.